The first-order chi connectivity index (χ1) is 9.20. The van der Waals surface area contributed by atoms with Crippen molar-refractivity contribution in [3.63, 3.8) is 0 Å². The molecule has 4 heteroatoms. The van der Waals surface area contributed by atoms with Crippen LogP contribution in [-0.2, 0) is 11.3 Å². The van der Waals surface area contributed by atoms with Crippen LogP contribution in [0.25, 0.3) is 10.9 Å². The van der Waals surface area contributed by atoms with Gasteiger partial charge in [0, 0.05) is 18.3 Å². The van der Waals surface area contributed by atoms with Gasteiger partial charge in [-0.25, -0.2) is 0 Å². The van der Waals surface area contributed by atoms with Gasteiger partial charge in [-0.3, -0.25) is 4.79 Å². The number of aliphatic hydroxyl groups is 1. The van der Waals surface area contributed by atoms with Gasteiger partial charge in [0.25, 0.3) is 0 Å². The van der Waals surface area contributed by atoms with Crippen molar-refractivity contribution >= 4 is 16.8 Å². The molecule has 1 heterocycles. The summed E-state index contributed by atoms with van der Waals surface area (Å²) in [5, 5.41) is 13.4. The predicted octanol–water partition coefficient (Wildman–Crippen LogP) is 1.92. The molecule has 1 atom stereocenters. The normalized spacial score (nSPS) is 12.5. The molecule has 0 radical (unpaired) electrons. The number of amides is 1. The number of nitrogens with zero attached hydrogens (tertiary/aromatic N) is 1. The number of hydrogen-bond acceptors (Lipinski definition) is 2. The fourth-order valence-corrected chi connectivity index (χ4v) is 2.07. The van der Waals surface area contributed by atoms with Gasteiger partial charge in [0.2, 0.25) is 5.91 Å². The Bertz CT molecular complexity index is 548. The van der Waals surface area contributed by atoms with Crippen molar-refractivity contribution in [3.05, 3.63) is 36.5 Å². The van der Waals surface area contributed by atoms with Crippen molar-refractivity contribution in [3.8, 4) is 0 Å². The van der Waals surface area contributed by atoms with Crippen LogP contribution in [0.5, 0.6) is 0 Å². The quantitative estimate of drug-likeness (QED) is 0.833. The molecule has 0 aliphatic heterocycles. The number of para-hydroxylation sites is 1. The minimum atomic E-state index is -0.326. The molecule has 4 nitrogen and oxygen atoms in total. The van der Waals surface area contributed by atoms with E-state index in [2.05, 4.69) is 5.32 Å². The maximum Gasteiger partial charge on any atom is 0.239 e. The van der Waals surface area contributed by atoms with Crippen LogP contribution in [0, 0.1) is 0 Å². The second kappa shape index (κ2) is 6.38. The molecular formula is C15H20N2O2. The third-order valence-corrected chi connectivity index (χ3v) is 3.27. The van der Waals surface area contributed by atoms with Crippen molar-refractivity contribution in [2.24, 2.45) is 0 Å². The zero-order valence-corrected chi connectivity index (χ0v) is 11.2. The Morgan fingerprint density at radius 1 is 1.37 bits per heavy atom. The number of hydrogen-bond donors (Lipinski definition) is 2. The molecule has 1 amide bonds. The van der Waals surface area contributed by atoms with Gasteiger partial charge >= 0.3 is 0 Å². The number of carbonyl (C=O) groups excluding carboxylic acids is 1. The van der Waals surface area contributed by atoms with E-state index in [1.54, 1.807) is 0 Å². The molecule has 0 saturated carbocycles. The zero-order chi connectivity index (χ0) is 13.7. The fraction of sp³-hybridized carbons (Fsp3) is 0.400. The summed E-state index contributed by atoms with van der Waals surface area (Å²) >= 11 is 0. The number of fused-ring (bicyclic) bond motifs is 1. The van der Waals surface area contributed by atoms with Gasteiger partial charge in [-0.2, -0.15) is 0 Å². The molecule has 2 aromatic rings. The highest BCUT2D eigenvalue weighted by atomic mass is 16.3. The largest absolute Gasteiger partial charge is 0.393 e. The van der Waals surface area contributed by atoms with Crippen molar-refractivity contribution in [1.82, 2.24) is 9.88 Å². The topological polar surface area (TPSA) is 54.3 Å². The summed E-state index contributed by atoms with van der Waals surface area (Å²) in [7, 11) is 0. The summed E-state index contributed by atoms with van der Waals surface area (Å²) in [5.74, 6) is -0.0235. The minimum Gasteiger partial charge on any atom is -0.393 e. The Balaban J connectivity index is 1.88. The van der Waals surface area contributed by atoms with Crippen molar-refractivity contribution in [2.45, 2.75) is 32.4 Å². The Kier molecular flexibility index (Phi) is 4.58. The summed E-state index contributed by atoms with van der Waals surface area (Å²) < 4.78 is 1.93. The Morgan fingerprint density at radius 3 is 2.95 bits per heavy atom. The number of aliphatic hydroxyl groups excluding tert-OH is 1. The van der Waals surface area contributed by atoms with Crippen LogP contribution in [0.1, 0.15) is 19.8 Å². The molecule has 1 aromatic heterocycles. The SMILES string of the molecule is CCC(O)CCNC(=O)Cn1ccc2ccccc21. The van der Waals surface area contributed by atoms with Crippen molar-refractivity contribution in [2.75, 3.05) is 6.54 Å². The van der Waals surface area contributed by atoms with E-state index >= 15 is 0 Å². The molecule has 19 heavy (non-hydrogen) atoms. The van der Waals surface area contributed by atoms with Gasteiger partial charge in [-0.05, 0) is 30.4 Å². The first-order valence-electron chi connectivity index (χ1n) is 6.69. The van der Waals surface area contributed by atoms with Crippen LogP contribution in [0.4, 0.5) is 0 Å². The smallest absolute Gasteiger partial charge is 0.239 e. The lowest BCUT2D eigenvalue weighted by atomic mass is 10.2. The molecule has 0 aliphatic carbocycles. The lowest BCUT2D eigenvalue weighted by molar-refractivity contribution is -0.121. The first kappa shape index (κ1) is 13.6. The molecule has 0 saturated heterocycles. The molecule has 1 unspecified atom stereocenters. The van der Waals surface area contributed by atoms with E-state index in [1.165, 1.54) is 0 Å². The molecular weight excluding hydrogens is 240 g/mol. The van der Waals surface area contributed by atoms with Crippen molar-refractivity contribution < 1.29 is 9.90 Å². The fourth-order valence-electron chi connectivity index (χ4n) is 2.07. The van der Waals surface area contributed by atoms with Gasteiger partial charge in [-0.1, -0.05) is 25.1 Å². The summed E-state index contributed by atoms with van der Waals surface area (Å²) in [4.78, 5) is 11.8. The molecule has 1 aromatic carbocycles. The second-order valence-corrected chi connectivity index (χ2v) is 4.70. The summed E-state index contributed by atoms with van der Waals surface area (Å²) in [6, 6.07) is 9.99. The second-order valence-electron chi connectivity index (χ2n) is 4.70. The van der Waals surface area contributed by atoms with E-state index in [4.69, 9.17) is 0 Å². The molecule has 0 aliphatic rings. The Labute approximate surface area is 113 Å². The van der Waals surface area contributed by atoms with E-state index < -0.39 is 0 Å². The van der Waals surface area contributed by atoms with Crippen LogP contribution < -0.4 is 5.32 Å². The van der Waals surface area contributed by atoms with Crippen molar-refractivity contribution in [1.29, 1.82) is 0 Å². The molecule has 0 bridgehead atoms. The predicted molar refractivity (Wildman–Crippen MR) is 75.9 cm³/mol. The highest BCUT2D eigenvalue weighted by Crippen LogP contribution is 2.14. The van der Waals surface area contributed by atoms with E-state index in [1.807, 2.05) is 48.0 Å². The van der Waals surface area contributed by atoms with Crippen LogP contribution >= 0.6 is 0 Å². The molecule has 2 rings (SSSR count). The van der Waals surface area contributed by atoms with Gasteiger partial charge in [0.1, 0.15) is 6.54 Å². The number of nitrogens with one attached hydrogen (secondary N) is 1. The van der Waals surface area contributed by atoms with Crippen LogP contribution in [0.15, 0.2) is 36.5 Å². The van der Waals surface area contributed by atoms with Gasteiger partial charge in [0.05, 0.1) is 6.10 Å². The number of aromatic nitrogens is 1. The van der Waals surface area contributed by atoms with E-state index in [0.717, 1.165) is 17.3 Å². The standard InChI is InChI=1S/C15H20N2O2/c1-2-13(18)7-9-16-15(19)11-17-10-8-12-5-3-4-6-14(12)17/h3-6,8,10,13,18H,2,7,9,11H2,1H3,(H,16,19). The van der Waals surface area contributed by atoms with Crippen LogP contribution in [0.2, 0.25) is 0 Å². The zero-order valence-electron chi connectivity index (χ0n) is 11.2. The number of rotatable bonds is 6. The Hall–Kier alpha value is -1.81. The minimum absolute atomic E-state index is 0.0235. The summed E-state index contributed by atoms with van der Waals surface area (Å²) in [6.07, 6.45) is 2.92. The summed E-state index contributed by atoms with van der Waals surface area (Å²) in [6.45, 7) is 2.77. The monoisotopic (exact) mass is 260 g/mol. The van der Waals surface area contributed by atoms with Gasteiger partial charge in [0.15, 0.2) is 0 Å². The maximum atomic E-state index is 11.8. The van der Waals surface area contributed by atoms with E-state index in [-0.39, 0.29) is 12.0 Å². The molecule has 0 spiro atoms. The van der Waals surface area contributed by atoms with Gasteiger partial charge < -0.3 is 15.0 Å². The Morgan fingerprint density at radius 2 is 2.16 bits per heavy atom. The summed E-state index contributed by atoms with van der Waals surface area (Å²) in [5.41, 5.74) is 1.06. The van der Waals surface area contributed by atoms with Crippen LogP contribution in [0.3, 0.4) is 0 Å². The average molecular weight is 260 g/mol. The molecule has 0 fully saturated rings. The molecule has 102 valence electrons. The molecule has 2 N–H and O–H groups in total. The lowest BCUT2D eigenvalue weighted by Gasteiger charge is -2.10. The highest BCUT2D eigenvalue weighted by molar-refractivity contribution is 5.83. The first-order valence-corrected chi connectivity index (χ1v) is 6.69. The van der Waals surface area contributed by atoms with Crippen LogP contribution in [-0.4, -0.2) is 28.2 Å². The number of benzene rings is 1. The van der Waals surface area contributed by atoms with E-state index in [9.17, 15) is 9.90 Å². The average Bonchev–Trinajstić information content (AvgIpc) is 2.82. The maximum absolute atomic E-state index is 11.8. The number of carbonyl (C=O) groups is 1. The van der Waals surface area contributed by atoms with Gasteiger partial charge in [-0.15, -0.1) is 0 Å². The van der Waals surface area contributed by atoms with E-state index in [0.29, 0.717) is 19.5 Å². The third kappa shape index (κ3) is 3.58. The lowest BCUT2D eigenvalue weighted by Crippen LogP contribution is -2.30. The third-order valence-electron chi connectivity index (χ3n) is 3.27. The highest BCUT2D eigenvalue weighted by Gasteiger charge is 2.06.